The Morgan fingerprint density at radius 2 is 1.66 bits per heavy atom. The third-order valence-corrected chi connectivity index (χ3v) is 9.11. The van der Waals surface area contributed by atoms with Gasteiger partial charge in [-0.05, 0) is 48.0 Å². The first-order valence-corrected chi connectivity index (χ1v) is 13.5. The van der Waals surface area contributed by atoms with Crippen molar-refractivity contribution in [3.05, 3.63) is 89.7 Å². The summed E-state index contributed by atoms with van der Waals surface area (Å²) in [5.74, 6) is -3.16. The molecular formula is C23H18FN3O6S2. The van der Waals surface area contributed by atoms with Crippen molar-refractivity contribution in [2.24, 2.45) is 5.14 Å². The second-order valence-corrected chi connectivity index (χ2v) is 11.9. The summed E-state index contributed by atoms with van der Waals surface area (Å²) in [7, 11) is -8.44. The Kier molecular flexibility index (Phi) is 5.09. The van der Waals surface area contributed by atoms with E-state index in [1.54, 1.807) is 24.3 Å². The zero-order valence-electron chi connectivity index (χ0n) is 18.0. The lowest BCUT2D eigenvalue weighted by molar-refractivity contribution is -0.123. The fourth-order valence-electron chi connectivity index (χ4n) is 4.65. The van der Waals surface area contributed by atoms with E-state index in [4.69, 9.17) is 5.14 Å². The van der Waals surface area contributed by atoms with Crippen LogP contribution < -0.4 is 14.9 Å². The first-order valence-electron chi connectivity index (χ1n) is 10.3. The molecule has 0 radical (unpaired) electrons. The van der Waals surface area contributed by atoms with Crippen LogP contribution in [0, 0.1) is 5.82 Å². The largest absolute Gasteiger partial charge is 0.304 e. The van der Waals surface area contributed by atoms with Gasteiger partial charge in [0.15, 0.2) is 9.84 Å². The van der Waals surface area contributed by atoms with Crippen molar-refractivity contribution in [1.29, 1.82) is 0 Å². The van der Waals surface area contributed by atoms with Crippen molar-refractivity contribution in [1.82, 2.24) is 0 Å². The molecule has 0 saturated carbocycles. The summed E-state index contributed by atoms with van der Waals surface area (Å²) < 4.78 is 64.2. The van der Waals surface area contributed by atoms with Gasteiger partial charge in [-0.1, -0.05) is 30.3 Å². The molecule has 3 aromatic carbocycles. The molecule has 5 rings (SSSR count). The number of rotatable bonds is 4. The Labute approximate surface area is 200 Å². The lowest BCUT2D eigenvalue weighted by Gasteiger charge is -2.32. The number of fused-ring (bicyclic) bond motifs is 2. The van der Waals surface area contributed by atoms with E-state index in [1.165, 1.54) is 41.3 Å². The molecule has 180 valence electrons. The number of benzene rings is 3. The van der Waals surface area contributed by atoms with Gasteiger partial charge < -0.3 is 4.90 Å². The molecule has 2 aliphatic rings. The SMILES string of the molecule is NS(=O)(=O)c1ccc(N2C(=O)CS(=O)(=O)C23C(=O)N(Cc2cccc(F)c2)c2ccccc23)cc1. The highest BCUT2D eigenvalue weighted by Crippen LogP contribution is 2.52. The van der Waals surface area contributed by atoms with Crippen molar-refractivity contribution in [2.75, 3.05) is 15.6 Å². The summed E-state index contributed by atoms with van der Waals surface area (Å²) in [5.41, 5.74) is 0.796. The minimum Gasteiger partial charge on any atom is -0.304 e. The highest BCUT2D eigenvalue weighted by molar-refractivity contribution is 7.94. The average molecular weight is 516 g/mol. The van der Waals surface area contributed by atoms with Gasteiger partial charge in [-0.2, -0.15) is 0 Å². The van der Waals surface area contributed by atoms with Gasteiger partial charge in [0, 0.05) is 11.3 Å². The number of hydrogen-bond acceptors (Lipinski definition) is 6. The van der Waals surface area contributed by atoms with Crippen LogP contribution in [0.1, 0.15) is 11.1 Å². The lowest BCUT2D eigenvalue weighted by Crippen LogP contribution is -2.54. The summed E-state index contributed by atoms with van der Waals surface area (Å²) in [5, 5.41) is 5.14. The van der Waals surface area contributed by atoms with E-state index in [9.17, 15) is 30.8 Å². The third-order valence-electron chi connectivity index (χ3n) is 6.08. The summed E-state index contributed by atoms with van der Waals surface area (Å²) in [4.78, 5) is 26.5. The van der Waals surface area contributed by atoms with Gasteiger partial charge in [-0.3, -0.25) is 14.5 Å². The van der Waals surface area contributed by atoms with Gasteiger partial charge in [-0.25, -0.2) is 26.4 Å². The molecule has 2 amide bonds. The molecule has 1 saturated heterocycles. The van der Waals surface area contributed by atoms with Crippen molar-refractivity contribution in [2.45, 2.75) is 16.3 Å². The molecule has 35 heavy (non-hydrogen) atoms. The Morgan fingerprint density at radius 3 is 2.31 bits per heavy atom. The standard InChI is InChI=1S/C23H18FN3O6S2/c24-16-5-3-4-15(12-16)13-26-20-7-2-1-6-19(20)23(22(26)29)27(21(28)14-34(23,30)31)17-8-10-18(11-9-17)35(25,32)33/h1-12H,13-14H2,(H2,25,32,33). The molecule has 1 atom stereocenters. The Balaban J connectivity index is 1.71. The molecule has 1 spiro atoms. The first kappa shape index (κ1) is 23.1. The van der Waals surface area contributed by atoms with Gasteiger partial charge in [0.2, 0.25) is 15.9 Å². The Bertz CT molecular complexity index is 1610. The number of primary sulfonamides is 1. The fraction of sp³-hybridized carbons (Fsp3) is 0.130. The minimum atomic E-state index is -4.40. The van der Waals surface area contributed by atoms with E-state index in [0.717, 1.165) is 17.0 Å². The van der Waals surface area contributed by atoms with Crippen molar-refractivity contribution >= 4 is 43.0 Å². The zero-order chi connectivity index (χ0) is 25.2. The molecule has 0 aliphatic carbocycles. The number of amides is 2. The maximum Gasteiger partial charge on any atom is 0.274 e. The second-order valence-electron chi connectivity index (χ2n) is 8.21. The van der Waals surface area contributed by atoms with Crippen LogP contribution in [0.3, 0.4) is 0 Å². The number of nitrogens with two attached hydrogens (primary N) is 1. The van der Waals surface area contributed by atoms with Crippen molar-refractivity contribution in [3.63, 3.8) is 0 Å². The molecule has 12 heteroatoms. The van der Waals surface area contributed by atoms with Gasteiger partial charge in [0.1, 0.15) is 11.6 Å². The predicted octanol–water partition coefficient (Wildman–Crippen LogP) is 1.63. The van der Waals surface area contributed by atoms with Gasteiger partial charge in [0.25, 0.3) is 10.8 Å². The molecule has 2 heterocycles. The topological polar surface area (TPSA) is 135 Å². The highest BCUT2D eigenvalue weighted by Gasteiger charge is 2.69. The van der Waals surface area contributed by atoms with Crippen LogP contribution in [-0.4, -0.2) is 34.4 Å². The highest BCUT2D eigenvalue weighted by atomic mass is 32.2. The number of halogens is 1. The van der Waals surface area contributed by atoms with E-state index in [1.807, 2.05) is 0 Å². The maximum atomic E-state index is 14.0. The zero-order valence-corrected chi connectivity index (χ0v) is 19.6. The number of nitrogens with zero attached hydrogens (tertiary/aromatic N) is 2. The number of anilines is 2. The fourth-order valence-corrected chi connectivity index (χ4v) is 7.20. The van der Waals surface area contributed by atoms with Crippen LogP contribution in [0.4, 0.5) is 15.8 Å². The van der Waals surface area contributed by atoms with E-state index in [-0.39, 0.29) is 28.4 Å². The van der Waals surface area contributed by atoms with Crippen LogP contribution in [0.5, 0.6) is 0 Å². The molecule has 3 aromatic rings. The molecule has 2 aliphatic heterocycles. The number of sulfone groups is 1. The summed E-state index contributed by atoms with van der Waals surface area (Å²) in [6, 6.07) is 16.5. The second kappa shape index (κ2) is 7.70. The summed E-state index contributed by atoms with van der Waals surface area (Å²) in [6.45, 7) is -0.128. The number of carbonyl (C=O) groups excluding carboxylic acids is 2. The van der Waals surface area contributed by atoms with Crippen LogP contribution in [0.15, 0.2) is 77.7 Å². The predicted molar refractivity (Wildman–Crippen MR) is 125 cm³/mol. The van der Waals surface area contributed by atoms with E-state index < -0.39 is 48.1 Å². The van der Waals surface area contributed by atoms with Crippen LogP contribution in [0.25, 0.3) is 0 Å². The van der Waals surface area contributed by atoms with Crippen LogP contribution >= 0.6 is 0 Å². The molecular weight excluding hydrogens is 497 g/mol. The van der Waals surface area contributed by atoms with Crippen LogP contribution in [-0.2, 0) is 40.9 Å². The first-order chi connectivity index (χ1) is 16.5. The van der Waals surface area contributed by atoms with E-state index in [2.05, 4.69) is 0 Å². The Hall–Kier alpha value is -3.61. The molecule has 0 aromatic heterocycles. The van der Waals surface area contributed by atoms with Crippen LogP contribution in [0.2, 0.25) is 0 Å². The molecule has 1 unspecified atom stereocenters. The lowest BCUT2D eigenvalue weighted by atomic mass is 10.0. The number of carbonyl (C=O) groups is 2. The summed E-state index contributed by atoms with van der Waals surface area (Å²) in [6.07, 6.45) is 0. The normalized spacial score (nSPS) is 21.1. The molecule has 2 N–H and O–H groups in total. The van der Waals surface area contributed by atoms with Gasteiger partial charge >= 0.3 is 0 Å². The van der Waals surface area contributed by atoms with E-state index in [0.29, 0.717) is 5.56 Å². The number of hydrogen-bond donors (Lipinski definition) is 1. The van der Waals surface area contributed by atoms with Crippen molar-refractivity contribution in [3.8, 4) is 0 Å². The maximum absolute atomic E-state index is 14.0. The molecule has 0 bridgehead atoms. The van der Waals surface area contributed by atoms with Gasteiger partial charge in [0.05, 0.1) is 17.1 Å². The monoisotopic (exact) mass is 515 g/mol. The summed E-state index contributed by atoms with van der Waals surface area (Å²) >= 11 is 0. The minimum absolute atomic E-state index is 0.0132. The van der Waals surface area contributed by atoms with Crippen molar-refractivity contribution < 1.29 is 30.8 Å². The molecule has 9 nitrogen and oxygen atoms in total. The molecule has 1 fully saturated rings. The quantitative estimate of drug-likeness (QED) is 0.561. The smallest absolute Gasteiger partial charge is 0.274 e. The van der Waals surface area contributed by atoms with Gasteiger partial charge in [-0.15, -0.1) is 0 Å². The average Bonchev–Trinajstić information content (AvgIpc) is 3.16. The number of para-hydroxylation sites is 1. The third kappa shape index (κ3) is 3.36. The number of sulfonamides is 1. The van der Waals surface area contributed by atoms with E-state index >= 15 is 0 Å². The Morgan fingerprint density at radius 1 is 0.971 bits per heavy atom.